The molecule has 96 valence electrons. The molecule has 1 aliphatic heterocycles. The van der Waals surface area contributed by atoms with Gasteiger partial charge < -0.3 is 10.5 Å². The van der Waals surface area contributed by atoms with Gasteiger partial charge in [0.15, 0.2) is 0 Å². The Balaban J connectivity index is 2.01. The largest absolute Gasteiger partial charge is 0.381 e. The van der Waals surface area contributed by atoms with Crippen LogP contribution in [0.15, 0.2) is 5.38 Å². The Morgan fingerprint density at radius 3 is 2.82 bits per heavy atom. The molecule has 0 saturated carbocycles. The van der Waals surface area contributed by atoms with Gasteiger partial charge >= 0.3 is 0 Å². The standard InChI is InChI=1S/C13H22N2OS/c1-10(2)3-4-12-15-11(9-17-12)13(14)5-7-16-8-6-13/h9-10H,3-8,14H2,1-2H3. The molecular weight excluding hydrogens is 232 g/mol. The molecule has 2 rings (SSSR count). The van der Waals surface area contributed by atoms with Crippen molar-refractivity contribution in [2.24, 2.45) is 11.7 Å². The second kappa shape index (κ2) is 5.46. The van der Waals surface area contributed by atoms with Crippen molar-refractivity contribution in [3.05, 3.63) is 16.1 Å². The lowest BCUT2D eigenvalue weighted by Crippen LogP contribution is -2.42. The molecule has 2 N–H and O–H groups in total. The van der Waals surface area contributed by atoms with E-state index in [0.717, 1.165) is 44.1 Å². The van der Waals surface area contributed by atoms with E-state index in [-0.39, 0.29) is 5.54 Å². The average molecular weight is 254 g/mol. The van der Waals surface area contributed by atoms with Crippen molar-refractivity contribution in [2.75, 3.05) is 13.2 Å². The number of thiazole rings is 1. The molecule has 17 heavy (non-hydrogen) atoms. The third-order valence-electron chi connectivity index (χ3n) is 3.38. The SMILES string of the molecule is CC(C)CCc1nc(C2(N)CCOCC2)cs1. The fourth-order valence-electron chi connectivity index (χ4n) is 2.06. The second-order valence-electron chi connectivity index (χ2n) is 5.33. The highest BCUT2D eigenvalue weighted by atomic mass is 32.1. The molecule has 1 fully saturated rings. The van der Waals surface area contributed by atoms with Crippen LogP contribution in [0.25, 0.3) is 0 Å². The molecule has 4 heteroatoms. The number of hydrogen-bond donors (Lipinski definition) is 1. The van der Waals surface area contributed by atoms with Crippen LogP contribution in [0.3, 0.4) is 0 Å². The second-order valence-corrected chi connectivity index (χ2v) is 6.27. The molecule has 0 atom stereocenters. The predicted octanol–water partition coefficient (Wildman–Crippen LogP) is 2.70. The van der Waals surface area contributed by atoms with Crippen LogP contribution in [-0.2, 0) is 16.7 Å². The highest BCUT2D eigenvalue weighted by Crippen LogP contribution is 2.30. The lowest BCUT2D eigenvalue weighted by Gasteiger charge is -2.31. The Labute approximate surface area is 107 Å². The lowest BCUT2D eigenvalue weighted by atomic mass is 9.88. The zero-order chi connectivity index (χ0) is 12.3. The molecule has 0 radical (unpaired) electrons. The van der Waals surface area contributed by atoms with E-state index in [0.29, 0.717) is 0 Å². The van der Waals surface area contributed by atoms with Crippen LogP contribution in [0.1, 0.15) is 43.8 Å². The van der Waals surface area contributed by atoms with E-state index < -0.39 is 0 Å². The van der Waals surface area contributed by atoms with E-state index in [2.05, 4.69) is 19.2 Å². The number of ether oxygens (including phenoxy) is 1. The van der Waals surface area contributed by atoms with Crippen LogP contribution in [0.2, 0.25) is 0 Å². The summed E-state index contributed by atoms with van der Waals surface area (Å²) in [5.41, 5.74) is 7.24. The number of aryl methyl sites for hydroxylation is 1. The summed E-state index contributed by atoms with van der Waals surface area (Å²) in [6.07, 6.45) is 4.06. The summed E-state index contributed by atoms with van der Waals surface area (Å²) in [6, 6.07) is 0. The highest BCUT2D eigenvalue weighted by Gasteiger charge is 2.32. The minimum absolute atomic E-state index is 0.245. The molecule has 0 aromatic carbocycles. The number of hydrogen-bond acceptors (Lipinski definition) is 4. The number of nitrogens with zero attached hydrogens (tertiary/aromatic N) is 1. The van der Waals surface area contributed by atoms with Crippen LogP contribution in [0.4, 0.5) is 0 Å². The van der Waals surface area contributed by atoms with Gasteiger partial charge in [0, 0.05) is 18.6 Å². The third kappa shape index (κ3) is 3.27. The fraction of sp³-hybridized carbons (Fsp3) is 0.769. The summed E-state index contributed by atoms with van der Waals surface area (Å²) < 4.78 is 5.37. The molecular formula is C13H22N2OS. The Hall–Kier alpha value is -0.450. The summed E-state index contributed by atoms with van der Waals surface area (Å²) >= 11 is 1.75. The maximum Gasteiger partial charge on any atom is 0.0929 e. The number of nitrogens with two attached hydrogens (primary N) is 1. The molecule has 1 aromatic rings. The molecule has 1 aliphatic rings. The first-order valence-corrected chi connectivity index (χ1v) is 7.30. The first-order chi connectivity index (χ1) is 8.10. The van der Waals surface area contributed by atoms with Crippen LogP contribution < -0.4 is 5.73 Å². The van der Waals surface area contributed by atoms with Crippen molar-refractivity contribution in [2.45, 2.75) is 45.1 Å². The fourth-order valence-corrected chi connectivity index (χ4v) is 2.98. The van der Waals surface area contributed by atoms with Gasteiger partial charge in [-0.05, 0) is 31.6 Å². The van der Waals surface area contributed by atoms with Crippen LogP contribution in [0.5, 0.6) is 0 Å². The van der Waals surface area contributed by atoms with Gasteiger partial charge in [0.2, 0.25) is 0 Å². The summed E-state index contributed by atoms with van der Waals surface area (Å²) in [6.45, 7) is 6.01. The van der Waals surface area contributed by atoms with Gasteiger partial charge in [0.25, 0.3) is 0 Å². The average Bonchev–Trinajstić information content (AvgIpc) is 2.76. The van der Waals surface area contributed by atoms with Crippen molar-refractivity contribution >= 4 is 11.3 Å². The predicted molar refractivity (Wildman–Crippen MR) is 71.2 cm³/mol. The van der Waals surface area contributed by atoms with Gasteiger partial charge in [-0.15, -0.1) is 11.3 Å². The van der Waals surface area contributed by atoms with Crippen molar-refractivity contribution in [1.82, 2.24) is 4.98 Å². The maximum atomic E-state index is 6.41. The van der Waals surface area contributed by atoms with Gasteiger partial charge in [-0.1, -0.05) is 13.8 Å². The van der Waals surface area contributed by atoms with Gasteiger partial charge in [-0.2, -0.15) is 0 Å². The number of rotatable bonds is 4. The number of aromatic nitrogens is 1. The molecule has 0 spiro atoms. The van der Waals surface area contributed by atoms with Crippen molar-refractivity contribution in [3.8, 4) is 0 Å². The van der Waals surface area contributed by atoms with E-state index in [1.807, 2.05) is 0 Å². The van der Waals surface area contributed by atoms with Gasteiger partial charge in [0.1, 0.15) is 0 Å². The van der Waals surface area contributed by atoms with E-state index in [1.54, 1.807) is 11.3 Å². The molecule has 1 aromatic heterocycles. The van der Waals surface area contributed by atoms with Crippen molar-refractivity contribution in [1.29, 1.82) is 0 Å². The topological polar surface area (TPSA) is 48.1 Å². The van der Waals surface area contributed by atoms with E-state index >= 15 is 0 Å². The summed E-state index contributed by atoms with van der Waals surface area (Å²) in [5, 5.41) is 3.37. The lowest BCUT2D eigenvalue weighted by molar-refractivity contribution is 0.0509. The molecule has 3 nitrogen and oxygen atoms in total. The Kier molecular flexibility index (Phi) is 4.17. The smallest absolute Gasteiger partial charge is 0.0929 e. The molecule has 1 saturated heterocycles. The Morgan fingerprint density at radius 1 is 1.47 bits per heavy atom. The molecule has 0 unspecified atom stereocenters. The first-order valence-electron chi connectivity index (χ1n) is 6.42. The highest BCUT2D eigenvalue weighted by molar-refractivity contribution is 7.09. The third-order valence-corrected chi connectivity index (χ3v) is 4.29. The minimum Gasteiger partial charge on any atom is -0.381 e. The van der Waals surface area contributed by atoms with Crippen molar-refractivity contribution < 1.29 is 4.74 Å². The maximum absolute atomic E-state index is 6.41. The van der Waals surface area contributed by atoms with E-state index in [1.165, 1.54) is 11.4 Å². The normalized spacial score (nSPS) is 19.8. The molecule has 0 aliphatic carbocycles. The van der Waals surface area contributed by atoms with E-state index in [4.69, 9.17) is 15.5 Å². The molecule has 0 amide bonds. The van der Waals surface area contributed by atoms with Crippen LogP contribution >= 0.6 is 11.3 Å². The van der Waals surface area contributed by atoms with Crippen LogP contribution in [0, 0.1) is 5.92 Å². The Bertz CT molecular complexity index is 356. The van der Waals surface area contributed by atoms with Crippen LogP contribution in [-0.4, -0.2) is 18.2 Å². The monoisotopic (exact) mass is 254 g/mol. The van der Waals surface area contributed by atoms with E-state index in [9.17, 15) is 0 Å². The van der Waals surface area contributed by atoms with Gasteiger partial charge in [-0.25, -0.2) is 4.98 Å². The first kappa shape index (κ1) is 13.0. The van der Waals surface area contributed by atoms with Gasteiger partial charge in [-0.3, -0.25) is 0 Å². The molecule has 2 heterocycles. The summed E-state index contributed by atoms with van der Waals surface area (Å²) in [5.74, 6) is 0.734. The zero-order valence-electron chi connectivity index (χ0n) is 10.7. The summed E-state index contributed by atoms with van der Waals surface area (Å²) in [4.78, 5) is 4.72. The van der Waals surface area contributed by atoms with Gasteiger partial charge in [0.05, 0.1) is 16.2 Å². The molecule has 0 bridgehead atoms. The Morgan fingerprint density at radius 2 is 2.18 bits per heavy atom. The summed E-state index contributed by atoms with van der Waals surface area (Å²) in [7, 11) is 0. The minimum atomic E-state index is -0.245. The quantitative estimate of drug-likeness (QED) is 0.898. The van der Waals surface area contributed by atoms with Crippen molar-refractivity contribution in [3.63, 3.8) is 0 Å². The zero-order valence-corrected chi connectivity index (χ0v) is 11.6.